The number of guanidine groups is 1. The summed E-state index contributed by atoms with van der Waals surface area (Å²) in [5, 5.41) is 7.26. The third-order valence-corrected chi connectivity index (χ3v) is 4.26. The number of likely N-dealkylation sites (tertiary alicyclic amines) is 1. The maximum absolute atomic E-state index is 4.85. The average Bonchev–Trinajstić information content (AvgIpc) is 3.22. The van der Waals surface area contributed by atoms with Crippen molar-refractivity contribution in [1.29, 1.82) is 0 Å². The number of aromatic nitrogens is 3. The Morgan fingerprint density at radius 1 is 1.52 bits per heavy atom. The minimum Gasteiger partial charge on any atom is -0.364 e. The van der Waals surface area contributed by atoms with Crippen LogP contribution in [0.5, 0.6) is 0 Å². The highest BCUT2D eigenvalue weighted by atomic mass is 127. The molecule has 8 heteroatoms. The number of aliphatic imine (C=N–C) groups is 1. The van der Waals surface area contributed by atoms with Gasteiger partial charge in [-0.1, -0.05) is 12.1 Å². The second kappa shape index (κ2) is 8.32. The van der Waals surface area contributed by atoms with Crippen molar-refractivity contribution in [3.8, 4) is 0 Å². The SMILES string of the molecule is CN=C(NCc1ccon1)N1CCC(C)C(n2ccnc2)C1.I. The van der Waals surface area contributed by atoms with Crippen molar-refractivity contribution in [3.63, 3.8) is 0 Å². The largest absolute Gasteiger partial charge is 0.364 e. The van der Waals surface area contributed by atoms with Crippen molar-refractivity contribution in [2.45, 2.75) is 25.9 Å². The van der Waals surface area contributed by atoms with Gasteiger partial charge in [-0.15, -0.1) is 24.0 Å². The summed E-state index contributed by atoms with van der Waals surface area (Å²) >= 11 is 0. The predicted octanol–water partition coefficient (Wildman–Crippen LogP) is 2.15. The molecule has 7 nitrogen and oxygen atoms in total. The monoisotopic (exact) mass is 430 g/mol. The van der Waals surface area contributed by atoms with E-state index in [-0.39, 0.29) is 24.0 Å². The van der Waals surface area contributed by atoms with Gasteiger partial charge < -0.3 is 19.3 Å². The van der Waals surface area contributed by atoms with E-state index in [0.717, 1.165) is 31.2 Å². The minimum atomic E-state index is 0. The highest BCUT2D eigenvalue weighted by Gasteiger charge is 2.28. The first-order valence-corrected chi connectivity index (χ1v) is 7.60. The molecule has 1 N–H and O–H groups in total. The van der Waals surface area contributed by atoms with Crippen LogP contribution in [-0.4, -0.2) is 45.7 Å². The lowest BCUT2D eigenvalue weighted by Crippen LogP contribution is -2.48. The Labute approximate surface area is 153 Å². The van der Waals surface area contributed by atoms with Crippen LogP contribution in [0.3, 0.4) is 0 Å². The van der Waals surface area contributed by atoms with Gasteiger partial charge in [-0.3, -0.25) is 4.99 Å². The van der Waals surface area contributed by atoms with E-state index in [1.54, 1.807) is 6.26 Å². The van der Waals surface area contributed by atoms with Crippen molar-refractivity contribution < 1.29 is 4.52 Å². The Bertz CT molecular complexity index is 598. The van der Waals surface area contributed by atoms with Gasteiger partial charge in [-0.2, -0.15) is 0 Å². The lowest BCUT2D eigenvalue weighted by atomic mass is 9.93. The summed E-state index contributed by atoms with van der Waals surface area (Å²) < 4.78 is 7.05. The van der Waals surface area contributed by atoms with Crippen molar-refractivity contribution in [1.82, 2.24) is 24.9 Å². The molecule has 0 aromatic carbocycles. The van der Waals surface area contributed by atoms with Crippen LogP contribution < -0.4 is 5.32 Å². The molecule has 23 heavy (non-hydrogen) atoms. The van der Waals surface area contributed by atoms with Crippen molar-refractivity contribution in [2.75, 3.05) is 20.1 Å². The predicted molar refractivity (Wildman–Crippen MR) is 98.7 cm³/mol. The van der Waals surface area contributed by atoms with Gasteiger partial charge in [0.15, 0.2) is 5.96 Å². The lowest BCUT2D eigenvalue weighted by molar-refractivity contribution is 0.189. The summed E-state index contributed by atoms with van der Waals surface area (Å²) in [5.41, 5.74) is 0.873. The molecule has 3 rings (SSSR count). The minimum absolute atomic E-state index is 0. The van der Waals surface area contributed by atoms with Crippen LogP contribution in [0.2, 0.25) is 0 Å². The van der Waals surface area contributed by atoms with Crippen molar-refractivity contribution in [2.24, 2.45) is 10.9 Å². The van der Waals surface area contributed by atoms with Gasteiger partial charge in [0.2, 0.25) is 0 Å². The van der Waals surface area contributed by atoms with Gasteiger partial charge in [0.1, 0.15) is 12.0 Å². The molecule has 1 saturated heterocycles. The molecule has 1 aliphatic heterocycles. The zero-order valence-corrected chi connectivity index (χ0v) is 15.8. The highest BCUT2D eigenvalue weighted by molar-refractivity contribution is 14.0. The molecule has 2 aromatic rings. The standard InChI is InChI=1S/C15H22N6O.HI/c1-12-3-6-20(10-14(12)21-7-5-17-11-21)15(16-2)18-9-13-4-8-22-19-13;/h4-5,7-8,11-12,14H,3,6,9-10H2,1-2H3,(H,16,18);1H. The fourth-order valence-electron chi connectivity index (χ4n) is 2.93. The first kappa shape index (κ1) is 17.8. The summed E-state index contributed by atoms with van der Waals surface area (Å²) in [7, 11) is 1.81. The molecule has 126 valence electrons. The van der Waals surface area contributed by atoms with E-state index >= 15 is 0 Å². The third kappa shape index (κ3) is 4.24. The van der Waals surface area contributed by atoms with Crippen LogP contribution >= 0.6 is 24.0 Å². The van der Waals surface area contributed by atoms with Crippen LogP contribution in [-0.2, 0) is 6.54 Å². The average molecular weight is 430 g/mol. The topological polar surface area (TPSA) is 71.5 Å². The zero-order chi connectivity index (χ0) is 15.4. The van der Waals surface area contributed by atoms with Crippen molar-refractivity contribution in [3.05, 3.63) is 36.7 Å². The normalized spacial score (nSPS) is 21.8. The molecule has 0 bridgehead atoms. The van der Waals surface area contributed by atoms with E-state index in [1.165, 1.54) is 0 Å². The van der Waals surface area contributed by atoms with E-state index in [4.69, 9.17) is 4.52 Å². The van der Waals surface area contributed by atoms with E-state index in [2.05, 4.69) is 36.8 Å². The molecular formula is C15H23IN6O. The fraction of sp³-hybridized carbons (Fsp3) is 0.533. The summed E-state index contributed by atoms with van der Waals surface area (Å²) in [6.45, 7) is 4.85. The molecule has 1 fully saturated rings. The number of hydrogen-bond acceptors (Lipinski definition) is 4. The maximum Gasteiger partial charge on any atom is 0.194 e. The Hall–Kier alpha value is -1.58. The van der Waals surface area contributed by atoms with E-state index < -0.39 is 0 Å². The smallest absolute Gasteiger partial charge is 0.194 e. The second-order valence-electron chi connectivity index (χ2n) is 5.68. The van der Waals surface area contributed by atoms with E-state index in [0.29, 0.717) is 18.5 Å². The number of nitrogens with zero attached hydrogens (tertiary/aromatic N) is 5. The molecule has 2 aromatic heterocycles. The number of rotatable bonds is 3. The molecule has 2 unspecified atom stereocenters. The van der Waals surface area contributed by atoms with E-state index in [9.17, 15) is 0 Å². The van der Waals surface area contributed by atoms with Gasteiger partial charge in [-0.25, -0.2) is 4.98 Å². The van der Waals surface area contributed by atoms with Crippen molar-refractivity contribution >= 4 is 29.9 Å². The Kier molecular flexibility index (Phi) is 6.43. The van der Waals surface area contributed by atoms with Crippen LogP contribution in [0.25, 0.3) is 0 Å². The first-order chi connectivity index (χ1) is 10.8. The van der Waals surface area contributed by atoms with Crippen LogP contribution in [0.15, 0.2) is 40.6 Å². The van der Waals surface area contributed by atoms with Gasteiger partial charge in [0.25, 0.3) is 0 Å². The molecule has 3 heterocycles. The number of halogens is 1. The van der Waals surface area contributed by atoms with Gasteiger partial charge in [0.05, 0.1) is 18.9 Å². The molecule has 0 spiro atoms. The summed E-state index contributed by atoms with van der Waals surface area (Å²) in [6, 6.07) is 2.27. The number of piperidine rings is 1. The Morgan fingerprint density at radius 3 is 3.04 bits per heavy atom. The molecule has 1 aliphatic rings. The molecular weight excluding hydrogens is 407 g/mol. The number of hydrogen-bond donors (Lipinski definition) is 1. The molecule has 0 radical (unpaired) electrons. The molecule has 0 aliphatic carbocycles. The quantitative estimate of drug-likeness (QED) is 0.459. The fourth-order valence-corrected chi connectivity index (χ4v) is 2.93. The van der Waals surface area contributed by atoms with Gasteiger partial charge >= 0.3 is 0 Å². The summed E-state index contributed by atoms with van der Waals surface area (Å²) in [5.74, 6) is 1.53. The Balaban J connectivity index is 0.00000192. The zero-order valence-electron chi connectivity index (χ0n) is 13.4. The molecule has 0 amide bonds. The number of imidazole rings is 1. The number of nitrogens with one attached hydrogen (secondary N) is 1. The lowest BCUT2D eigenvalue weighted by Gasteiger charge is -2.39. The molecule has 0 saturated carbocycles. The van der Waals surface area contributed by atoms with Crippen LogP contribution in [0, 0.1) is 5.92 Å². The van der Waals surface area contributed by atoms with E-state index in [1.807, 2.05) is 31.8 Å². The maximum atomic E-state index is 4.85. The summed E-state index contributed by atoms with van der Waals surface area (Å²) in [4.78, 5) is 10.9. The third-order valence-electron chi connectivity index (χ3n) is 4.26. The Morgan fingerprint density at radius 2 is 2.39 bits per heavy atom. The second-order valence-corrected chi connectivity index (χ2v) is 5.68. The molecule has 2 atom stereocenters. The van der Waals surface area contributed by atoms with Crippen LogP contribution in [0.4, 0.5) is 0 Å². The van der Waals surface area contributed by atoms with Gasteiger partial charge in [-0.05, 0) is 12.3 Å². The van der Waals surface area contributed by atoms with Crippen LogP contribution in [0.1, 0.15) is 25.1 Å². The highest BCUT2D eigenvalue weighted by Crippen LogP contribution is 2.27. The van der Waals surface area contributed by atoms with Gasteiger partial charge in [0, 0.05) is 38.6 Å². The summed E-state index contributed by atoms with van der Waals surface area (Å²) in [6.07, 6.45) is 8.49. The first-order valence-electron chi connectivity index (χ1n) is 7.60.